The van der Waals surface area contributed by atoms with Crippen molar-refractivity contribution >= 4 is 17.2 Å². The molecule has 4 heterocycles. The monoisotopic (exact) mass is 466 g/mol. The molecule has 0 radical (unpaired) electrons. The standard InChI is InChI=1S/C24H26N4O4S/c1-17-26-20(15-33-17)10-28-12-21(30-14-18-4-6-25-7-5-18)11-27(13-24(28)29)9-19-2-3-22-23(8-19)32-16-31-22/h2-8,15,21H,9-14,16H2,1H3. The summed E-state index contributed by atoms with van der Waals surface area (Å²) in [5.74, 6) is 1.59. The van der Waals surface area contributed by atoms with E-state index < -0.39 is 0 Å². The highest BCUT2D eigenvalue weighted by atomic mass is 32.1. The Bertz CT molecular complexity index is 1110. The number of ether oxygens (including phenoxy) is 3. The van der Waals surface area contributed by atoms with Gasteiger partial charge in [-0.2, -0.15) is 0 Å². The average Bonchev–Trinajstić information content (AvgIpc) is 3.42. The van der Waals surface area contributed by atoms with Crippen LogP contribution in [0.25, 0.3) is 0 Å². The Morgan fingerprint density at radius 2 is 1.94 bits per heavy atom. The molecule has 1 atom stereocenters. The molecule has 1 amide bonds. The molecule has 2 aromatic heterocycles. The lowest BCUT2D eigenvalue weighted by molar-refractivity contribution is -0.132. The molecule has 33 heavy (non-hydrogen) atoms. The number of benzene rings is 1. The van der Waals surface area contributed by atoms with Crippen LogP contribution in [0.3, 0.4) is 0 Å². The zero-order valence-electron chi connectivity index (χ0n) is 18.5. The van der Waals surface area contributed by atoms with Crippen molar-refractivity contribution in [2.75, 3.05) is 26.4 Å². The first-order valence-corrected chi connectivity index (χ1v) is 11.8. The van der Waals surface area contributed by atoms with Crippen LogP contribution in [0, 0.1) is 6.92 Å². The second kappa shape index (κ2) is 9.86. The Morgan fingerprint density at radius 3 is 2.76 bits per heavy atom. The van der Waals surface area contributed by atoms with E-state index in [2.05, 4.69) is 14.9 Å². The molecule has 2 aliphatic heterocycles. The van der Waals surface area contributed by atoms with E-state index in [-0.39, 0.29) is 18.8 Å². The van der Waals surface area contributed by atoms with Crippen LogP contribution >= 0.6 is 11.3 Å². The molecular formula is C24H26N4O4S. The van der Waals surface area contributed by atoms with Gasteiger partial charge in [-0.3, -0.25) is 14.7 Å². The normalized spacial score (nSPS) is 18.5. The first kappa shape index (κ1) is 21.8. The van der Waals surface area contributed by atoms with E-state index in [0.29, 0.717) is 39.3 Å². The number of rotatable bonds is 7. The summed E-state index contributed by atoms with van der Waals surface area (Å²) in [6, 6.07) is 9.82. The molecule has 1 fully saturated rings. The molecule has 8 nitrogen and oxygen atoms in total. The molecule has 0 aliphatic carbocycles. The van der Waals surface area contributed by atoms with E-state index in [1.165, 1.54) is 0 Å². The zero-order chi connectivity index (χ0) is 22.6. The van der Waals surface area contributed by atoms with Crippen molar-refractivity contribution in [2.45, 2.75) is 32.7 Å². The van der Waals surface area contributed by atoms with E-state index in [0.717, 1.165) is 33.3 Å². The van der Waals surface area contributed by atoms with Gasteiger partial charge in [0, 0.05) is 37.4 Å². The van der Waals surface area contributed by atoms with Crippen molar-refractivity contribution in [1.82, 2.24) is 19.8 Å². The maximum atomic E-state index is 13.2. The quantitative estimate of drug-likeness (QED) is 0.530. The number of amides is 1. The number of hydrogen-bond acceptors (Lipinski definition) is 8. The molecule has 1 aromatic carbocycles. The lowest BCUT2D eigenvalue weighted by Crippen LogP contribution is -2.37. The van der Waals surface area contributed by atoms with Gasteiger partial charge in [-0.05, 0) is 42.3 Å². The highest BCUT2D eigenvalue weighted by Crippen LogP contribution is 2.33. The second-order valence-corrected chi connectivity index (χ2v) is 9.34. The predicted octanol–water partition coefficient (Wildman–Crippen LogP) is 3.01. The van der Waals surface area contributed by atoms with Crippen LogP contribution in [-0.2, 0) is 29.2 Å². The molecule has 0 bridgehead atoms. The second-order valence-electron chi connectivity index (χ2n) is 8.28. The van der Waals surface area contributed by atoms with Crippen molar-refractivity contribution in [1.29, 1.82) is 0 Å². The Labute approximate surface area is 196 Å². The fraction of sp³-hybridized carbons (Fsp3) is 0.375. The number of fused-ring (bicyclic) bond motifs is 1. The molecule has 172 valence electrons. The minimum absolute atomic E-state index is 0.0800. The van der Waals surface area contributed by atoms with Crippen LogP contribution in [0.2, 0.25) is 0 Å². The van der Waals surface area contributed by atoms with Crippen LogP contribution < -0.4 is 9.47 Å². The summed E-state index contributed by atoms with van der Waals surface area (Å²) in [4.78, 5) is 25.8. The largest absolute Gasteiger partial charge is 0.454 e. The number of carbonyl (C=O) groups is 1. The smallest absolute Gasteiger partial charge is 0.237 e. The Kier molecular flexibility index (Phi) is 6.52. The summed E-state index contributed by atoms with van der Waals surface area (Å²) in [5, 5.41) is 3.02. The Balaban J connectivity index is 1.31. The third-order valence-electron chi connectivity index (χ3n) is 5.70. The molecule has 9 heteroatoms. The van der Waals surface area contributed by atoms with Gasteiger partial charge in [-0.25, -0.2) is 4.98 Å². The molecule has 0 saturated carbocycles. The van der Waals surface area contributed by atoms with Crippen molar-refractivity contribution in [3.8, 4) is 11.5 Å². The summed E-state index contributed by atoms with van der Waals surface area (Å²) >= 11 is 1.60. The summed E-state index contributed by atoms with van der Waals surface area (Å²) in [5.41, 5.74) is 3.05. The first-order valence-electron chi connectivity index (χ1n) is 10.9. The number of aromatic nitrogens is 2. The maximum Gasteiger partial charge on any atom is 0.237 e. The van der Waals surface area contributed by atoms with Crippen molar-refractivity contribution in [3.05, 3.63) is 69.9 Å². The van der Waals surface area contributed by atoms with Crippen molar-refractivity contribution < 1.29 is 19.0 Å². The summed E-state index contributed by atoms with van der Waals surface area (Å²) in [6.07, 6.45) is 3.40. The van der Waals surface area contributed by atoms with Crippen LogP contribution in [0.1, 0.15) is 21.8 Å². The SMILES string of the molecule is Cc1nc(CN2CC(OCc3ccncc3)CN(Cc3ccc4c(c3)OCO4)CC2=O)cs1. The highest BCUT2D eigenvalue weighted by molar-refractivity contribution is 7.09. The Hall–Kier alpha value is -3.01. The van der Waals surface area contributed by atoms with E-state index in [1.807, 2.05) is 47.5 Å². The number of thiazole rings is 1. The van der Waals surface area contributed by atoms with Gasteiger partial charge in [0.2, 0.25) is 12.7 Å². The minimum Gasteiger partial charge on any atom is -0.454 e. The minimum atomic E-state index is -0.127. The van der Waals surface area contributed by atoms with Crippen molar-refractivity contribution in [3.63, 3.8) is 0 Å². The molecule has 0 N–H and O–H groups in total. The number of hydrogen-bond donors (Lipinski definition) is 0. The summed E-state index contributed by atoms with van der Waals surface area (Å²) < 4.78 is 17.2. The number of carbonyl (C=O) groups excluding carboxylic acids is 1. The molecule has 0 spiro atoms. The first-order chi connectivity index (χ1) is 16.1. The molecule has 3 aromatic rings. The molecule has 2 aliphatic rings. The number of nitrogens with zero attached hydrogens (tertiary/aromatic N) is 4. The van der Waals surface area contributed by atoms with Gasteiger partial charge in [0.1, 0.15) is 0 Å². The van der Waals surface area contributed by atoms with Gasteiger partial charge >= 0.3 is 0 Å². The van der Waals surface area contributed by atoms with Crippen LogP contribution in [0.15, 0.2) is 48.1 Å². The average molecular weight is 467 g/mol. The molecule has 1 saturated heterocycles. The van der Waals surface area contributed by atoms with Gasteiger partial charge < -0.3 is 19.1 Å². The van der Waals surface area contributed by atoms with E-state index in [4.69, 9.17) is 14.2 Å². The van der Waals surface area contributed by atoms with Gasteiger partial charge in [-0.15, -0.1) is 11.3 Å². The Morgan fingerprint density at radius 1 is 1.09 bits per heavy atom. The zero-order valence-corrected chi connectivity index (χ0v) is 19.3. The van der Waals surface area contributed by atoms with Crippen LogP contribution in [0.4, 0.5) is 0 Å². The lowest BCUT2D eigenvalue weighted by atomic mass is 10.2. The topological polar surface area (TPSA) is 77.0 Å². The fourth-order valence-corrected chi connectivity index (χ4v) is 4.70. The van der Waals surface area contributed by atoms with Gasteiger partial charge in [-0.1, -0.05) is 6.07 Å². The van der Waals surface area contributed by atoms with E-state index in [1.54, 1.807) is 23.7 Å². The lowest BCUT2D eigenvalue weighted by Gasteiger charge is -2.24. The highest BCUT2D eigenvalue weighted by Gasteiger charge is 2.29. The van der Waals surface area contributed by atoms with E-state index >= 15 is 0 Å². The van der Waals surface area contributed by atoms with E-state index in [9.17, 15) is 4.79 Å². The molecular weight excluding hydrogens is 440 g/mol. The predicted molar refractivity (Wildman–Crippen MR) is 123 cm³/mol. The van der Waals surface area contributed by atoms with Gasteiger partial charge in [0.25, 0.3) is 0 Å². The van der Waals surface area contributed by atoms with Gasteiger partial charge in [0.05, 0.1) is 36.5 Å². The third-order valence-corrected chi connectivity index (χ3v) is 6.52. The fourth-order valence-electron chi connectivity index (χ4n) is 4.09. The number of aryl methyl sites for hydroxylation is 1. The van der Waals surface area contributed by atoms with Crippen LogP contribution in [0.5, 0.6) is 11.5 Å². The third kappa shape index (κ3) is 5.50. The molecule has 5 rings (SSSR count). The molecule has 1 unspecified atom stereocenters. The summed E-state index contributed by atoms with van der Waals surface area (Å²) in [7, 11) is 0. The van der Waals surface area contributed by atoms with Crippen LogP contribution in [-0.4, -0.2) is 58.2 Å². The van der Waals surface area contributed by atoms with Crippen molar-refractivity contribution in [2.24, 2.45) is 0 Å². The summed E-state index contributed by atoms with van der Waals surface area (Å²) in [6.45, 7) is 5.33. The number of pyridine rings is 1. The van der Waals surface area contributed by atoms with Gasteiger partial charge in [0.15, 0.2) is 11.5 Å². The maximum absolute atomic E-state index is 13.2.